The summed E-state index contributed by atoms with van der Waals surface area (Å²) in [7, 11) is 0. The summed E-state index contributed by atoms with van der Waals surface area (Å²) in [5.41, 5.74) is 0.748. The SMILES string of the molecule is CC(C)c1cc(C(=O)N2CC[C@H](Oc3ccc(Cl)cc3)[C@@H](CC(=O)N3CCOCC3)C2)on1. The van der Waals surface area contributed by atoms with Crippen molar-refractivity contribution in [2.75, 3.05) is 39.4 Å². The molecule has 0 saturated carbocycles. The van der Waals surface area contributed by atoms with Crippen LogP contribution in [0.5, 0.6) is 5.75 Å². The van der Waals surface area contributed by atoms with E-state index in [0.29, 0.717) is 63.0 Å². The van der Waals surface area contributed by atoms with E-state index in [1.165, 1.54) is 0 Å². The molecule has 178 valence electrons. The molecule has 0 spiro atoms. The van der Waals surface area contributed by atoms with Crippen LogP contribution in [0.2, 0.25) is 5.02 Å². The van der Waals surface area contributed by atoms with Gasteiger partial charge in [0.25, 0.3) is 5.91 Å². The van der Waals surface area contributed by atoms with Crippen LogP contribution in [0, 0.1) is 5.92 Å². The van der Waals surface area contributed by atoms with Crippen molar-refractivity contribution in [3.8, 4) is 5.75 Å². The van der Waals surface area contributed by atoms with E-state index in [-0.39, 0.29) is 35.5 Å². The molecule has 0 radical (unpaired) electrons. The summed E-state index contributed by atoms with van der Waals surface area (Å²) < 4.78 is 16.9. The van der Waals surface area contributed by atoms with Crippen molar-refractivity contribution < 1.29 is 23.6 Å². The standard InChI is InChI=1S/C24H30ClN3O5/c1-16(2)20-14-22(33-26-20)24(30)28-8-7-21(32-19-5-3-18(25)4-6-19)17(15-28)13-23(29)27-9-11-31-12-10-27/h3-6,14,16-17,21H,7-13,15H2,1-2H3/t17-,21-/m0/s1. The molecule has 0 unspecified atom stereocenters. The minimum atomic E-state index is -0.205. The zero-order chi connectivity index (χ0) is 23.4. The van der Waals surface area contributed by atoms with Crippen LogP contribution in [0.4, 0.5) is 0 Å². The number of amides is 2. The first-order valence-electron chi connectivity index (χ1n) is 11.4. The van der Waals surface area contributed by atoms with Crippen molar-refractivity contribution in [1.29, 1.82) is 0 Å². The quantitative estimate of drug-likeness (QED) is 0.634. The third kappa shape index (κ3) is 5.86. The van der Waals surface area contributed by atoms with Crippen molar-refractivity contribution in [1.82, 2.24) is 15.0 Å². The molecule has 1 aromatic carbocycles. The van der Waals surface area contributed by atoms with Crippen molar-refractivity contribution >= 4 is 23.4 Å². The number of likely N-dealkylation sites (tertiary alicyclic amines) is 1. The van der Waals surface area contributed by atoms with Gasteiger partial charge in [0.05, 0.1) is 18.9 Å². The van der Waals surface area contributed by atoms with Gasteiger partial charge in [-0.2, -0.15) is 0 Å². The Labute approximate surface area is 198 Å². The average Bonchev–Trinajstić information content (AvgIpc) is 3.32. The molecule has 1 aromatic heterocycles. The summed E-state index contributed by atoms with van der Waals surface area (Å²) in [6.07, 6.45) is 0.720. The largest absolute Gasteiger partial charge is 0.490 e. The molecular weight excluding hydrogens is 446 g/mol. The average molecular weight is 476 g/mol. The Balaban J connectivity index is 1.48. The summed E-state index contributed by atoms with van der Waals surface area (Å²) in [5, 5.41) is 4.64. The smallest absolute Gasteiger partial charge is 0.292 e. The van der Waals surface area contributed by atoms with E-state index in [4.69, 9.17) is 25.6 Å². The number of piperidine rings is 1. The molecule has 2 aliphatic heterocycles. The molecular formula is C24H30ClN3O5. The molecule has 9 heteroatoms. The highest BCUT2D eigenvalue weighted by Crippen LogP contribution is 2.28. The van der Waals surface area contributed by atoms with Gasteiger partial charge in [-0.05, 0) is 30.2 Å². The maximum Gasteiger partial charge on any atom is 0.292 e. The molecule has 33 heavy (non-hydrogen) atoms. The van der Waals surface area contributed by atoms with Crippen molar-refractivity contribution in [2.24, 2.45) is 5.92 Å². The molecule has 0 bridgehead atoms. The molecule has 2 saturated heterocycles. The number of rotatable bonds is 6. The van der Waals surface area contributed by atoms with E-state index in [0.717, 1.165) is 5.69 Å². The second-order valence-electron chi connectivity index (χ2n) is 8.88. The topological polar surface area (TPSA) is 85.1 Å². The first-order valence-corrected chi connectivity index (χ1v) is 11.8. The minimum absolute atomic E-state index is 0.0593. The van der Waals surface area contributed by atoms with Crippen LogP contribution < -0.4 is 4.74 Å². The minimum Gasteiger partial charge on any atom is -0.490 e. The molecule has 0 aliphatic carbocycles. The third-order valence-electron chi connectivity index (χ3n) is 6.18. The van der Waals surface area contributed by atoms with E-state index >= 15 is 0 Å². The zero-order valence-corrected chi connectivity index (χ0v) is 19.8. The lowest BCUT2D eigenvalue weighted by Gasteiger charge is -2.39. The maximum atomic E-state index is 13.1. The van der Waals surface area contributed by atoms with Gasteiger partial charge in [-0.3, -0.25) is 9.59 Å². The fourth-order valence-electron chi connectivity index (χ4n) is 4.22. The first kappa shape index (κ1) is 23.6. The van der Waals surface area contributed by atoms with E-state index in [1.54, 1.807) is 23.1 Å². The number of morpholine rings is 1. The van der Waals surface area contributed by atoms with Crippen LogP contribution in [-0.4, -0.2) is 72.3 Å². The van der Waals surface area contributed by atoms with Gasteiger partial charge >= 0.3 is 0 Å². The molecule has 3 heterocycles. The Morgan fingerprint density at radius 2 is 1.88 bits per heavy atom. The van der Waals surface area contributed by atoms with Gasteiger partial charge in [0.15, 0.2) is 0 Å². The predicted molar refractivity (Wildman–Crippen MR) is 122 cm³/mol. The van der Waals surface area contributed by atoms with Gasteiger partial charge < -0.3 is 23.8 Å². The summed E-state index contributed by atoms with van der Waals surface area (Å²) in [6, 6.07) is 8.90. The van der Waals surface area contributed by atoms with E-state index in [2.05, 4.69) is 5.16 Å². The number of halogens is 1. The summed E-state index contributed by atoms with van der Waals surface area (Å²) >= 11 is 6.00. The molecule has 8 nitrogen and oxygen atoms in total. The Hall–Kier alpha value is -2.58. The van der Waals surface area contributed by atoms with Crippen LogP contribution in [0.1, 0.15) is 48.9 Å². The molecule has 2 amide bonds. The van der Waals surface area contributed by atoms with Crippen LogP contribution in [-0.2, 0) is 9.53 Å². The highest BCUT2D eigenvalue weighted by atomic mass is 35.5. The van der Waals surface area contributed by atoms with Gasteiger partial charge in [0, 0.05) is 56.0 Å². The highest BCUT2D eigenvalue weighted by Gasteiger charge is 2.36. The van der Waals surface area contributed by atoms with Crippen molar-refractivity contribution in [3.05, 3.63) is 46.8 Å². The van der Waals surface area contributed by atoms with E-state index in [1.807, 2.05) is 30.9 Å². The zero-order valence-electron chi connectivity index (χ0n) is 19.0. The van der Waals surface area contributed by atoms with Crippen molar-refractivity contribution in [3.63, 3.8) is 0 Å². The fraction of sp³-hybridized carbons (Fsp3) is 0.542. The lowest BCUT2D eigenvalue weighted by molar-refractivity contribution is -0.137. The molecule has 2 aromatic rings. The first-order chi connectivity index (χ1) is 15.9. The van der Waals surface area contributed by atoms with Gasteiger partial charge in [0.2, 0.25) is 11.7 Å². The summed E-state index contributed by atoms with van der Waals surface area (Å²) in [5.74, 6) is 0.806. The molecule has 2 aliphatic rings. The van der Waals surface area contributed by atoms with Gasteiger partial charge in [0.1, 0.15) is 11.9 Å². The number of hydrogen-bond acceptors (Lipinski definition) is 6. The fourth-order valence-corrected chi connectivity index (χ4v) is 4.34. The Kier molecular flexibility index (Phi) is 7.55. The highest BCUT2D eigenvalue weighted by molar-refractivity contribution is 6.30. The Morgan fingerprint density at radius 3 is 2.55 bits per heavy atom. The number of benzene rings is 1. The van der Waals surface area contributed by atoms with Gasteiger partial charge in [-0.1, -0.05) is 30.6 Å². The number of carbonyl (C=O) groups excluding carboxylic acids is 2. The monoisotopic (exact) mass is 475 g/mol. The van der Waals surface area contributed by atoms with Crippen LogP contribution in [0.15, 0.2) is 34.9 Å². The predicted octanol–water partition coefficient (Wildman–Crippen LogP) is 3.61. The van der Waals surface area contributed by atoms with E-state index in [9.17, 15) is 9.59 Å². The van der Waals surface area contributed by atoms with Crippen LogP contribution in [0.25, 0.3) is 0 Å². The van der Waals surface area contributed by atoms with Crippen molar-refractivity contribution in [2.45, 2.75) is 38.7 Å². The number of aromatic nitrogens is 1. The number of carbonyl (C=O) groups is 2. The lowest BCUT2D eigenvalue weighted by Crippen LogP contribution is -2.50. The Bertz CT molecular complexity index is 955. The number of ether oxygens (including phenoxy) is 2. The summed E-state index contributed by atoms with van der Waals surface area (Å²) in [6.45, 7) is 7.20. The normalized spacial score (nSPS) is 21.3. The Morgan fingerprint density at radius 1 is 1.15 bits per heavy atom. The molecule has 0 N–H and O–H groups in total. The molecule has 2 atom stereocenters. The third-order valence-corrected chi connectivity index (χ3v) is 6.44. The second kappa shape index (κ2) is 10.6. The van der Waals surface area contributed by atoms with Gasteiger partial charge in [-0.25, -0.2) is 0 Å². The molecule has 4 rings (SSSR count). The van der Waals surface area contributed by atoms with E-state index < -0.39 is 0 Å². The summed E-state index contributed by atoms with van der Waals surface area (Å²) in [4.78, 5) is 29.7. The number of hydrogen-bond donors (Lipinski definition) is 0. The lowest BCUT2D eigenvalue weighted by atomic mass is 9.90. The number of nitrogens with zero attached hydrogens (tertiary/aromatic N) is 3. The van der Waals surface area contributed by atoms with Gasteiger partial charge in [-0.15, -0.1) is 0 Å². The molecule has 2 fully saturated rings. The van der Waals surface area contributed by atoms with Crippen LogP contribution >= 0.6 is 11.6 Å². The second-order valence-corrected chi connectivity index (χ2v) is 9.31. The van der Waals surface area contributed by atoms with Crippen LogP contribution in [0.3, 0.4) is 0 Å². The maximum absolute atomic E-state index is 13.1.